The molecule has 2 saturated heterocycles. The summed E-state index contributed by atoms with van der Waals surface area (Å²) in [6.07, 6.45) is 4.36. The molecule has 2 aliphatic rings. The van der Waals surface area contributed by atoms with Gasteiger partial charge < -0.3 is 25.6 Å². The van der Waals surface area contributed by atoms with Gasteiger partial charge in [0.25, 0.3) is 0 Å². The third-order valence-electron chi connectivity index (χ3n) is 5.19. The number of nitrogens with zero attached hydrogens (tertiary/aromatic N) is 2. The van der Waals surface area contributed by atoms with Crippen LogP contribution >= 0.6 is 24.0 Å². The van der Waals surface area contributed by atoms with E-state index in [0.717, 1.165) is 69.1 Å². The van der Waals surface area contributed by atoms with Crippen molar-refractivity contribution < 1.29 is 9.53 Å². The summed E-state index contributed by atoms with van der Waals surface area (Å²) in [6, 6.07) is 7.89. The predicted octanol–water partition coefficient (Wildman–Crippen LogP) is 3.17. The molecule has 7 nitrogen and oxygen atoms in total. The molecule has 1 unspecified atom stereocenters. The lowest BCUT2D eigenvalue weighted by molar-refractivity contribution is 0.0243. The second kappa shape index (κ2) is 10.8. The summed E-state index contributed by atoms with van der Waals surface area (Å²) < 4.78 is 5.80. The molecule has 2 amide bonds. The molecule has 3 N–H and O–H groups in total. The second-order valence-electron chi connectivity index (χ2n) is 7.51. The quantitative estimate of drug-likeness (QED) is 0.329. The van der Waals surface area contributed by atoms with E-state index in [0.29, 0.717) is 6.54 Å². The van der Waals surface area contributed by atoms with Gasteiger partial charge in [0, 0.05) is 45.5 Å². The van der Waals surface area contributed by atoms with E-state index in [9.17, 15) is 4.79 Å². The summed E-state index contributed by atoms with van der Waals surface area (Å²) >= 11 is 0. The number of carbonyl (C=O) groups excluding carboxylic acids is 1. The molecule has 0 aliphatic carbocycles. The van der Waals surface area contributed by atoms with Crippen LogP contribution in [0.4, 0.5) is 10.5 Å². The van der Waals surface area contributed by atoms with Crippen LogP contribution in [0.25, 0.3) is 0 Å². The lowest BCUT2D eigenvalue weighted by atomic mass is 10.0. The summed E-state index contributed by atoms with van der Waals surface area (Å²) in [5, 5.41) is 9.66. The van der Waals surface area contributed by atoms with Gasteiger partial charge in [0.05, 0.1) is 5.60 Å². The molecule has 1 aromatic carbocycles. The Kier molecular flexibility index (Phi) is 8.81. The maximum atomic E-state index is 12.2. The van der Waals surface area contributed by atoms with Crippen molar-refractivity contribution in [3.63, 3.8) is 0 Å². The number of hydrogen-bond donors (Lipinski definition) is 3. The number of anilines is 1. The molecule has 0 saturated carbocycles. The van der Waals surface area contributed by atoms with Crippen molar-refractivity contribution in [2.24, 2.45) is 4.99 Å². The van der Waals surface area contributed by atoms with Gasteiger partial charge >= 0.3 is 6.03 Å². The van der Waals surface area contributed by atoms with E-state index in [1.807, 2.05) is 29.2 Å². The highest BCUT2D eigenvalue weighted by Crippen LogP contribution is 2.23. The molecule has 2 heterocycles. The number of urea groups is 1. The third-order valence-corrected chi connectivity index (χ3v) is 5.19. The maximum Gasteiger partial charge on any atom is 0.321 e. The Bertz CT molecular complexity index is 670. The Morgan fingerprint density at radius 1 is 1.25 bits per heavy atom. The van der Waals surface area contributed by atoms with Gasteiger partial charge in [-0.25, -0.2) is 4.79 Å². The number of guanidine groups is 1. The van der Waals surface area contributed by atoms with Crippen molar-refractivity contribution >= 4 is 41.7 Å². The first-order chi connectivity index (χ1) is 13.1. The van der Waals surface area contributed by atoms with Crippen molar-refractivity contribution in [3.05, 3.63) is 29.8 Å². The minimum Gasteiger partial charge on any atom is -0.373 e. The van der Waals surface area contributed by atoms with Crippen molar-refractivity contribution in [3.8, 4) is 0 Å². The highest BCUT2D eigenvalue weighted by atomic mass is 127. The molecule has 0 aromatic heterocycles. The Labute approximate surface area is 184 Å². The van der Waals surface area contributed by atoms with E-state index < -0.39 is 0 Å². The molecule has 156 valence electrons. The number of amides is 2. The van der Waals surface area contributed by atoms with Crippen LogP contribution in [0.1, 0.15) is 38.2 Å². The number of rotatable bonds is 5. The standard InChI is InChI=1S/C20H31N5O2.HI/c1-20(9-6-12-27-20)15-23-18(21-2)22-14-16-7-5-8-17(13-16)24-19(26)25-10-3-4-11-25;/h5,7-8,13H,3-4,6,9-12,14-15H2,1-2H3,(H,24,26)(H2,21,22,23);1H. The number of likely N-dealkylation sites (tertiary alicyclic amines) is 1. The van der Waals surface area contributed by atoms with Gasteiger partial charge in [0.2, 0.25) is 0 Å². The lowest BCUT2D eigenvalue weighted by Gasteiger charge is -2.24. The first-order valence-electron chi connectivity index (χ1n) is 9.81. The minimum absolute atomic E-state index is 0. The van der Waals surface area contributed by atoms with Crippen LogP contribution in [0.2, 0.25) is 0 Å². The highest BCUT2D eigenvalue weighted by Gasteiger charge is 2.29. The van der Waals surface area contributed by atoms with Gasteiger partial charge in [-0.05, 0) is 50.3 Å². The molecule has 2 fully saturated rings. The first-order valence-corrected chi connectivity index (χ1v) is 9.81. The van der Waals surface area contributed by atoms with E-state index in [2.05, 4.69) is 27.9 Å². The fourth-order valence-electron chi connectivity index (χ4n) is 3.54. The van der Waals surface area contributed by atoms with E-state index >= 15 is 0 Å². The maximum absolute atomic E-state index is 12.2. The van der Waals surface area contributed by atoms with Gasteiger partial charge in [0.1, 0.15) is 0 Å². The van der Waals surface area contributed by atoms with E-state index in [1.54, 1.807) is 7.05 Å². The molecule has 1 aromatic rings. The van der Waals surface area contributed by atoms with Gasteiger partial charge in [-0.2, -0.15) is 0 Å². The smallest absolute Gasteiger partial charge is 0.321 e. The average molecular weight is 501 g/mol. The fourth-order valence-corrected chi connectivity index (χ4v) is 3.54. The molecule has 3 rings (SSSR count). The van der Waals surface area contributed by atoms with Crippen LogP contribution in [0.3, 0.4) is 0 Å². The zero-order valence-corrected chi connectivity index (χ0v) is 19.1. The summed E-state index contributed by atoms with van der Waals surface area (Å²) in [4.78, 5) is 18.4. The number of benzene rings is 1. The number of nitrogens with one attached hydrogen (secondary N) is 3. The van der Waals surface area contributed by atoms with Crippen molar-refractivity contribution in [2.45, 2.75) is 44.8 Å². The summed E-state index contributed by atoms with van der Waals surface area (Å²) in [5.74, 6) is 0.748. The number of aliphatic imine (C=N–C) groups is 1. The Hall–Kier alpha value is -1.55. The topological polar surface area (TPSA) is 78.0 Å². The molecule has 2 aliphatic heterocycles. The molecule has 1 atom stereocenters. The largest absolute Gasteiger partial charge is 0.373 e. The highest BCUT2D eigenvalue weighted by molar-refractivity contribution is 14.0. The Morgan fingerprint density at radius 3 is 2.71 bits per heavy atom. The minimum atomic E-state index is -0.114. The molecule has 0 bridgehead atoms. The molecule has 0 radical (unpaired) electrons. The molecular formula is C20H32IN5O2. The predicted molar refractivity (Wildman–Crippen MR) is 123 cm³/mol. The first kappa shape index (κ1) is 22.7. The van der Waals surface area contributed by atoms with Gasteiger partial charge in [0.15, 0.2) is 5.96 Å². The molecule has 28 heavy (non-hydrogen) atoms. The number of hydrogen-bond acceptors (Lipinski definition) is 3. The van der Waals surface area contributed by atoms with Crippen LogP contribution in [-0.2, 0) is 11.3 Å². The van der Waals surface area contributed by atoms with Gasteiger partial charge in [-0.1, -0.05) is 12.1 Å². The summed E-state index contributed by atoms with van der Waals surface area (Å²) in [7, 11) is 1.76. The van der Waals surface area contributed by atoms with Crippen LogP contribution in [0, 0.1) is 0 Å². The SMILES string of the molecule is CN=C(NCc1cccc(NC(=O)N2CCCC2)c1)NCC1(C)CCCO1.I. The zero-order valence-electron chi connectivity index (χ0n) is 16.8. The van der Waals surface area contributed by atoms with Gasteiger partial charge in [-0.15, -0.1) is 24.0 Å². The van der Waals surface area contributed by atoms with Crippen LogP contribution in [0.15, 0.2) is 29.3 Å². The van der Waals surface area contributed by atoms with Crippen LogP contribution in [-0.4, -0.2) is 55.8 Å². The van der Waals surface area contributed by atoms with Gasteiger partial charge in [-0.3, -0.25) is 4.99 Å². The molecular weight excluding hydrogens is 469 g/mol. The normalized spacial score (nSPS) is 21.9. The van der Waals surface area contributed by atoms with Crippen molar-refractivity contribution in [1.29, 1.82) is 0 Å². The van der Waals surface area contributed by atoms with Crippen molar-refractivity contribution in [1.82, 2.24) is 15.5 Å². The average Bonchev–Trinajstić information content (AvgIpc) is 3.34. The number of ether oxygens (including phenoxy) is 1. The summed E-state index contributed by atoms with van der Waals surface area (Å²) in [5.41, 5.74) is 1.79. The Morgan fingerprint density at radius 2 is 2.04 bits per heavy atom. The van der Waals surface area contributed by atoms with E-state index in [-0.39, 0.29) is 35.6 Å². The monoisotopic (exact) mass is 501 g/mol. The van der Waals surface area contributed by atoms with Crippen LogP contribution in [0.5, 0.6) is 0 Å². The molecule has 8 heteroatoms. The van der Waals surface area contributed by atoms with Crippen LogP contribution < -0.4 is 16.0 Å². The zero-order chi connectivity index (χ0) is 19.1. The van der Waals surface area contributed by atoms with Crippen molar-refractivity contribution in [2.75, 3.05) is 38.6 Å². The Balaban J connectivity index is 0.00000280. The lowest BCUT2D eigenvalue weighted by Crippen LogP contribution is -2.45. The second-order valence-corrected chi connectivity index (χ2v) is 7.51. The molecule has 0 spiro atoms. The van der Waals surface area contributed by atoms with E-state index in [4.69, 9.17) is 4.74 Å². The number of carbonyl (C=O) groups is 1. The van der Waals surface area contributed by atoms with E-state index in [1.165, 1.54) is 0 Å². The third kappa shape index (κ3) is 6.51. The number of halogens is 1. The summed E-state index contributed by atoms with van der Waals surface area (Å²) in [6.45, 7) is 6.02. The fraction of sp³-hybridized carbons (Fsp3) is 0.600.